The second-order valence-corrected chi connectivity index (χ2v) is 6.13. The molecule has 5 nitrogen and oxygen atoms in total. The second kappa shape index (κ2) is 4.59. The molecule has 0 spiro atoms. The topological polar surface area (TPSA) is 101 Å². The molecule has 0 atom stereocenters. The Labute approximate surface area is 132 Å². The molecule has 0 aliphatic heterocycles. The normalized spacial score (nSPS) is 14.3. The Morgan fingerprint density at radius 1 is 0.826 bits per heavy atom. The third kappa shape index (κ3) is 1.86. The molecule has 0 bridgehead atoms. The average Bonchev–Trinajstić information content (AvgIpc) is 2.53. The van der Waals surface area contributed by atoms with E-state index < -0.39 is 11.9 Å². The molecule has 4 rings (SSSR count). The smallest absolute Gasteiger partial charge is 0.337 e. The number of nitrogens with two attached hydrogens (primary N) is 1. The van der Waals surface area contributed by atoms with Gasteiger partial charge in [0.25, 0.3) is 0 Å². The van der Waals surface area contributed by atoms with Crippen LogP contribution in [0.3, 0.4) is 0 Å². The molecule has 0 fully saturated rings. The molecular weight excluding hydrogens is 294 g/mol. The third-order valence-corrected chi connectivity index (χ3v) is 4.89. The van der Waals surface area contributed by atoms with Crippen molar-refractivity contribution >= 4 is 17.6 Å². The summed E-state index contributed by atoms with van der Waals surface area (Å²) in [7, 11) is 0. The number of benzene rings is 2. The molecule has 2 aromatic rings. The van der Waals surface area contributed by atoms with Crippen molar-refractivity contribution in [3.05, 3.63) is 51.6 Å². The Kier molecular flexibility index (Phi) is 2.75. The molecule has 23 heavy (non-hydrogen) atoms. The van der Waals surface area contributed by atoms with Crippen LogP contribution in [-0.2, 0) is 25.7 Å². The van der Waals surface area contributed by atoms with Gasteiger partial charge in [0.15, 0.2) is 0 Å². The first-order chi connectivity index (χ1) is 11.0. The summed E-state index contributed by atoms with van der Waals surface area (Å²) in [6, 6.07) is 5.15. The van der Waals surface area contributed by atoms with E-state index in [0.29, 0.717) is 30.5 Å². The van der Waals surface area contributed by atoms with Crippen molar-refractivity contribution in [3.8, 4) is 11.1 Å². The van der Waals surface area contributed by atoms with Gasteiger partial charge in [-0.1, -0.05) is 0 Å². The highest BCUT2D eigenvalue weighted by molar-refractivity contribution is 5.99. The second-order valence-electron chi connectivity index (χ2n) is 6.13. The molecule has 2 aliphatic carbocycles. The monoisotopic (exact) mass is 309 g/mol. The maximum absolute atomic E-state index is 11.4. The highest BCUT2D eigenvalue weighted by Gasteiger charge is 2.30. The van der Waals surface area contributed by atoms with Crippen LogP contribution in [0.2, 0.25) is 0 Å². The van der Waals surface area contributed by atoms with Crippen LogP contribution >= 0.6 is 0 Å². The Morgan fingerprint density at radius 3 is 1.96 bits per heavy atom. The van der Waals surface area contributed by atoms with Gasteiger partial charge in [-0.3, -0.25) is 0 Å². The molecule has 0 radical (unpaired) electrons. The first-order valence-corrected chi connectivity index (χ1v) is 7.54. The fourth-order valence-corrected chi connectivity index (χ4v) is 3.90. The summed E-state index contributed by atoms with van der Waals surface area (Å²) < 4.78 is 0. The third-order valence-electron chi connectivity index (χ3n) is 4.89. The van der Waals surface area contributed by atoms with E-state index in [0.717, 1.165) is 39.8 Å². The molecule has 0 aromatic heterocycles. The number of carboxylic acids is 2. The van der Waals surface area contributed by atoms with E-state index in [4.69, 9.17) is 5.73 Å². The fraction of sp³-hybridized carbons (Fsp3) is 0.222. The molecule has 0 saturated carbocycles. The predicted molar refractivity (Wildman–Crippen MR) is 85.0 cm³/mol. The molecule has 116 valence electrons. The first-order valence-electron chi connectivity index (χ1n) is 7.54. The summed E-state index contributed by atoms with van der Waals surface area (Å²) in [5, 5.41) is 18.6. The van der Waals surface area contributed by atoms with Crippen LogP contribution in [0.1, 0.15) is 43.0 Å². The molecule has 0 heterocycles. The van der Waals surface area contributed by atoms with E-state index in [-0.39, 0.29) is 5.56 Å². The van der Waals surface area contributed by atoms with Crippen LogP contribution in [-0.4, -0.2) is 22.2 Å². The van der Waals surface area contributed by atoms with Gasteiger partial charge in [-0.25, -0.2) is 9.59 Å². The van der Waals surface area contributed by atoms with Crippen LogP contribution < -0.4 is 5.73 Å². The molecular formula is C18H15NO4. The van der Waals surface area contributed by atoms with Crippen molar-refractivity contribution in [1.82, 2.24) is 0 Å². The fourth-order valence-electron chi connectivity index (χ4n) is 3.90. The highest BCUT2D eigenvalue weighted by Crippen LogP contribution is 2.45. The first kappa shape index (κ1) is 13.8. The van der Waals surface area contributed by atoms with Gasteiger partial charge >= 0.3 is 11.9 Å². The van der Waals surface area contributed by atoms with Crippen molar-refractivity contribution in [2.75, 3.05) is 5.73 Å². The van der Waals surface area contributed by atoms with E-state index in [1.54, 1.807) is 18.2 Å². The summed E-state index contributed by atoms with van der Waals surface area (Å²) in [6.45, 7) is 0. The van der Waals surface area contributed by atoms with Crippen molar-refractivity contribution < 1.29 is 19.8 Å². The van der Waals surface area contributed by atoms with E-state index in [1.165, 1.54) is 0 Å². The lowest BCUT2D eigenvalue weighted by Crippen LogP contribution is -2.19. The van der Waals surface area contributed by atoms with Crippen molar-refractivity contribution in [3.63, 3.8) is 0 Å². The molecule has 0 amide bonds. The summed E-state index contributed by atoms with van der Waals surface area (Å²) in [4.78, 5) is 22.7. The van der Waals surface area contributed by atoms with Crippen LogP contribution in [0, 0.1) is 0 Å². The van der Waals surface area contributed by atoms with E-state index in [9.17, 15) is 19.8 Å². The number of hydrogen-bond acceptors (Lipinski definition) is 3. The summed E-state index contributed by atoms with van der Waals surface area (Å²) in [5.74, 6) is -1.92. The number of carboxylic acid groups (broad SMARTS) is 2. The van der Waals surface area contributed by atoms with Gasteiger partial charge in [0, 0.05) is 5.69 Å². The number of rotatable bonds is 2. The quantitative estimate of drug-likeness (QED) is 0.740. The van der Waals surface area contributed by atoms with Gasteiger partial charge in [-0.05, 0) is 77.3 Å². The lowest BCUT2D eigenvalue weighted by atomic mass is 9.73. The summed E-state index contributed by atoms with van der Waals surface area (Å²) in [6.07, 6.45) is 2.76. The van der Waals surface area contributed by atoms with Gasteiger partial charge in [0.05, 0.1) is 11.1 Å². The molecule has 2 aromatic carbocycles. The SMILES string of the molecule is Nc1c(C(=O)O)cc2c3c1CCc1cc(C(=O)O)cc(c1-3)CC2. The highest BCUT2D eigenvalue weighted by atomic mass is 16.4. The van der Waals surface area contributed by atoms with E-state index >= 15 is 0 Å². The van der Waals surface area contributed by atoms with Gasteiger partial charge in [0.2, 0.25) is 0 Å². The lowest BCUT2D eigenvalue weighted by molar-refractivity contribution is 0.0686. The number of hydrogen-bond donors (Lipinski definition) is 3. The molecule has 2 aliphatic rings. The largest absolute Gasteiger partial charge is 0.478 e. The van der Waals surface area contributed by atoms with E-state index in [1.807, 2.05) is 0 Å². The van der Waals surface area contributed by atoms with Crippen LogP contribution in [0.5, 0.6) is 0 Å². The Bertz CT molecular complexity index is 881. The number of anilines is 1. The van der Waals surface area contributed by atoms with Crippen LogP contribution in [0.15, 0.2) is 18.2 Å². The number of aromatic carboxylic acids is 2. The molecule has 4 N–H and O–H groups in total. The maximum atomic E-state index is 11.4. The summed E-state index contributed by atoms with van der Waals surface area (Å²) in [5.41, 5.74) is 13.0. The average molecular weight is 309 g/mol. The van der Waals surface area contributed by atoms with Crippen LogP contribution in [0.4, 0.5) is 5.69 Å². The van der Waals surface area contributed by atoms with Gasteiger partial charge in [-0.2, -0.15) is 0 Å². The maximum Gasteiger partial charge on any atom is 0.337 e. The minimum atomic E-state index is -1.00. The zero-order chi connectivity index (χ0) is 16.3. The Hall–Kier alpha value is -2.82. The standard InChI is InChI=1S/C18H15NO4/c19-16-12-4-3-9-6-11(17(20)21)5-8-1-2-10(15(12)14(8)9)7-13(16)18(22)23/h5-7H,1-4,19H2,(H,20,21)(H,22,23). The zero-order valence-electron chi connectivity index (χ0n) is 12.3. The number of nitrogen functional groups attached to an aromatic ring is 1. The Morgan fingerprint density at radius 2 is 1.39 bits per heavy atom. The Balaban J connectivity index is 2.04. The minimum Gasteiger partial charge on any atom is -0.478 e. The van der Waals surface area contributed by atoms with Gasteiger partial charge in [-0.15, -0.1) is 0 Å². The predicted octanol–water partition coefficient (Wildman–Crippen LogP) is 2.53. The molecule has 0 unspecified atom stereocenters. The summed E-state index contributed by atoms with van der Waals surface area (Å²) >= 11 is 0. The number of carbonyl (C=O) groups is 2. The van der Waals surface area contributed by atoms with Gasteiger partial charge in [0.1, 0.15) is 0 Å². The zero-order valence-corrected chi connectivity index (χ0v) is 12.3. The molecule has 0 saturated heterocycles. The van der Waals surface area contributed by atoms with Crippen molar-refractivity contribution in [2.24, 2.45) is 0 Å². The molecule has 5 heteroatoms. The van der Waals surface area contributed by atoms with E-state index in [2.05, 4.69) is 0 Å². The minimum absolute atomic E-state index is 0.174. The lowest BCUT2D eigenvalue weighted by Gasteiger charge is -2.31. The van der Waals surface area contributed by atoms with Crippen LogP contribution in [0.25, 0.3) is 11.1 Å². The van der Waals surface area contributed by atoms with Crippen molar-refractivity contribution in [1.29, 1.82) is 0 Å². The number of aryl methyl sites for hydroxylation is 3. The van der Waals surface area contributed by atoms with Crippen molar-refractivity contribution in [2.45, 2.75) is 25.7 Å². The van der Waals surface area contributed by atoms with Gasteiger partial charge < -0.3 is 15.9 Å².